The number of H-pyrrole nitrogens is 1. The van der Waals surface area contributed by atoms with Crippen molar-refractivity contribution in [3.05, 3.63) is 41.1 Å². The van der Waals surface area contributed by atoms with Gasteiger partial charge in [0.15, 0.2) is 11.6 Å². The maximum atomic E-state index is 13.2. The smallest absolute Gasteiger partial charge is 0.159 e. The molecule has 0 spiro atoms. The lowest BCUT2D eigenvalue weighted by molar-refractivity contribution is 0.509. The van der Waals surface area contributed by atoms with Crippen molar-refractivity contribution in [2.45, 2.75) is 25.7 Å². The Kier molecular flexibility index (Phi) is 2.42. The summed E-state index contributed by atoms with van der Waals surface area (Å²) in [5.41, 5.74) is 3.69. The van der Waals surface area contributed by atoms with E-state index in [1.54, 1.807) is 6.07 Å². The molecule has 0 aliphatic heterocycles. The van der Waals surface area contributed by atoms with Gasteiger partial charge in [-0.3, -0.25) is 5.10 Å². The topological polar surface area (TPSA) is 28.7 Å². The highest BCUT2D eigenvalue weighted by atomic mass is 19.2. The number of aromatic amines is 1. The van der Waals surface area contributed by atoms with Crippen LogP contribution in [0.2, 0.25) is 0 Å². The normalized spacial score (nSPS) is 14.7. The van der Waals surface area contributed by atoms with E-state index < -0.39 is 11.6 Å². The molecule has 1 heterocycles. The van der Waals surface area contributed by atoms with E-state index in [0.29, 0.717) is 5.56 Å². The molecule has 0 fully saturated rings. The predicted molar refractivity (Wildman–Crippen MR) is 60.6 cm³/mol. The zero-order valence-corrected chi connectivity index (χ0v) is 9.26. The Morgan fingerprint density at radius 3 is 2.71 bits per heavy atom. The molecule has 0 radical (unpaired) electrons. The number of benzene rings is 1. The van der Waals surface area contributed by atoms with E-state index in [9.17, 15) is 8.78 Å². The van der Waals surface area contributed by atoms with Gasteiger partial charge in [0.25, 0.3) is 0 Å². The number of halogens is 2. The number of nitrogens with zero attached hydrogens (tertiary/aromatic N) is 1. The highest BCUT2D eigenvalue weighted by Gasteiger charge is 2.18. The van der Waals surface area contributed by atoms with Crippen molar-refractivity contribution in [1.82, 2.24) is 10.2 Å². The molecule has 1 aliphatic rings. The molecule has 1 aromatic carbocycles. The Hall–Kier alpha value is -1.71. The minimum absolute atomic E-state index is 0.642. The fourth-order valence-electron chi connectivity index (χ4n) is 2.36. The number of nitrogens with one attached hydrogen (secondary N) is 1. The van der Waals surface area contributed by atoms with Crippen molar-refractivity contribution >= 4 is 0 Å². The third kappa shape index (κ3) is 1.73. The van der Waals surface area contributed by atoms with E-state index in [-0.39, 0.29) is 0 Å². The van der Waals surface area contributed by atoms with Gasteiger partial charge in [-0.2, -0.15) is 5.10 Å². The van der Waals surface area contributed by atoms with Crippen LogP contribution in [0.4, 0.5) is 8.78 Å². The van der Waals surface area contributed by atoms with Crippen LogP contribution in [0.15, 0.2) is 18.2 Å². The Morgan fingerprint density at radius 2 is 1.88 bits per heavy atom. The van der Waals surface area contributed by atoms with Gasteiger partial charge < -0.3 is 0 Å². The average molecular weight is 234 g/mol. The van der Waals surface area contributed by atoms with Crippen LogP contribution >= 0.6 is 0 Å². The second-order valence-corrected chi connectivity index (χ2v) is 4.37. The first-order valence-corrected chi connectivity index (χ1v) is 5.77. The summed E-state index contributed by atoms with van der Waals surface area (Å²) in [4.78, 5) is 0. The van der Waals surface area contributed by atoms with Crippen molar-refractivity contribution in [2.24, 2.45) is 0 Å². The van der Waals surface area contributed by atoms with Gasteiger partial charge in [-0.05, 0) is 43.9 Å². The first kappa shape index (κ1) is 10.4. The zero-order valence-electron chi connectivity index (χ0n) is 9.26. The quantitative estimate of drug-likeness (QED) is 0.806. The molecule has 2 aromatic rings. The van der Waals surface area contributed by atoms with E-state index >= 15 is 0 Å². The molecule has 17 heavy (non-hydrogen) atoms. The minimum atomic E-state index is -0.824. The molecule has 3 rings (SSSR count). The summed E-state index contributed by atoms with van der Waals surface area (Å²) in [6.45, 7) is 0. The number of hydrogen-bond donors (Lipinski definition) is 1. The van der Waals surface area contributed by atoms with E-state index in [1.807, 2.05) is 0 Å². The molecule has 1 aliphatic carbocycles. The van der Waals surface area contributed by atoms with Crippen molar-refractivity contribution < 1.29 is 8.78 Å². The molecule has 4 heteroatoms. The first-order chi connectivity index (χ1) is 8.25. The molecule has 2 nitrogen and oxygen atoms in total. The molecule has 0 unspecified atom stereocenters. The molecule has 0 saturated carbocycles. The Balaban J connectivity index is 2.09. The minimum Gasteiger partial charge on any atom is -0.282 e. The van der Waals surface area contributed by atoms with Crippen LogP contribution in [0.1, 0.15) is 24.1 Å². The van der Waals surface area contributed by atoms with E-state index in [1.165, 1.54) is 6.07 Å². The zero-order chi connectivity index (χ0) is 11.8. The van der Waals surface area contributed by atoms with Gasteiger partial charge in [-0.25, -0.2) is 8.78 Å². The Morgan fingerprint density at radius 1 is 1.06 bits per heavy atom. The number of aryl methyl sites for hydroxylation is 1. The Bertz CT molecular complexity index is 561. The van der Waals surface area contributed by atoms with E-state index in [2.05, 4.69) is 10.2 Å². The third-order valence-electron chi connectivity index (χ3n) is 3.25. The predicted octanol–water partition coefficient (Wildman–Crippen LogP) is 3.23. The fraction of sp³-hybridized carbons (Fsp3) is 0.308. The maximum Gasteiger partial charge on any atom is 0.159 e. The van der Waals surface area contributed by atoms with Gasteiger partial charge in [0.05, 0.1) is 5.69 Å². The lowest BCUT2D eigenvalue weighted by Gasteiger charge is -2.11. The molecule has 0 amide bonds. The standard InChI is InChI=1S/C13H12F2N2/c14-10-6-5-8(7-11(10)15)13-9-3-1-2-4-12(9)16-17-13/h5-7H,1-4H2,(H,16,17). The average Bonchev–Trinajstić information content (AvgIpc) is 2.76. The van der Waals surface area contributed by atoms with Crippen LogP contribution in [0, 0.1) is 11.6 Å². The summed E-state index contributed by atoms with van der Waals surface area (Å²) in [6.07, 6.45) is 4.24. The first-order valence-electron chi connectivity index (χ1n) is 5.77. The lowest BCUT2D eigenvalue weighted by atomic mass is 9.94. The number of rotatable bonds is 1. The van der Waals surface area contributed by atoms with Gasteiger partial charge >= 0.3 is 0 Å². The van der Waals surface area contributed by atoms with Crippen LogP contribution < -0.4 is 0 Å². The van der Waals surface area contributed by atoms with Crippen LogP contribution in [-0.2, 0) is 12.8 Å². The van der Waals surface area contributed by atoms with Crippen LogP contribution in [0.25, 0.3) is 11.3 Å². The van der Waals surface area contributed by atoms with Crippen LogP contribution in [0.5, 0.6) is 0 Å². The monoisotopic (exact) mass is 234 g/mol. The summed E-state index contributed by atoms with van der Waals surface area (Å²) in [5.74, 6) is -1.65. The van der Waals surface area contributed by atoms with Crippen LogP contribution in [0.3, 0.4) is 0 Å². The van der Waals surface area contributed by atoms with Crippen molar-refractivity contribution in [2.75, 3.05) is 0 Å². The molecule has 1 aromatic heterocycles. The van der Waals surface area contributed by atoms with Gasteiger partial charge in [-0.1, -0.05) is 0 Å². The second-order valence-electron chi connectivity index (χ2n) is 4.37. The molecule has 0 bridgehead atoms. The highest BCUT2D eigenvalue weighted by molar-refractivity contribution is 5.64. The van der Waals surface area contributed by atoms with Gasteiger partial charge in [0, 0.05) is 16.8 Å². The maximum absolute atomic E-state index is 13.2. The highest BCUT2D eigenvalue weighted by Crippen LogP contribution is 2.29. The molecule has 0 saturated heterocycles. The fourth-order valence-corrected chi connectivity index (χ4v) is 2.36. The summed E-state index contributed by atoms with van der Waals surface area (Å²) in [6, 6.07) is 3.93. The van der Waals surface area contributed by atoms with Crippen molar-refractivity contribution in [3.8, 4) is 11.3 Å². The van der Waals surface area contributed by atoms with Crippen molar-refractivity contribution in [1.29, 1.82) is 0 Å². The SMILES string of the molecule is Fc1ccc(-c2n[nH]c3c2CCCC3)cc1F. The molecular weight excluding hydrogens is 222 g/mol. The second kappa shape index (κ2) is 3.95. The third-order valence-corrected chi connectivity index (χ3v) is 3.25. The number of fused-ring (bicyclic) bond motifs is 1. The lowest BCUT2D eigenvalue weighted by Crippen LogP contribution is -2.01. The van der Waals surface area contributed by atoms with Crippen LogP contribution in [-0.4, -0.2) is 10.2 Å². The number of aromatic nitrogens is 2. The largest absolute Gasteiger partial charge is 0.282 e. The van der Waals surface area contributed by atoms with Gasteiger partial charge in [0.2, 0.25) is 0 Å². The number of hydrogen-bond acceptors (Lipinski definition) is 1. The molecule has 88 valence electrons. The summed E-state index contributed by atoms with van der Waals surface area (Å²) < 4.78 is 26.1. The van der Waals surface area contributed by atoms with E-state index in [4.69, 9.17) is 0 Å². The van der Waals surface area contributed by atoms with Gasteiger partial charge in [-0.15, -0.1) is 0 Å². The summed E-state index contributed by atoms with van der Waals surface area (Å²) in [7, 11) is 0. The Labute approximate surface area is 97.7 Å². The molecule has 0 atom stereocenters. The summed E-state index contributed by atoms with van der Waals surface area (Å²) >= 11 is 0. The molecular formula is C13H12F2N2. The molecule has 1 N–H and O–H groups in total. The van der Waals surface area contributed by atoms with Crippen molar-refractivity contribution in [3.63, 3.8) is 0 Å². The van der Waals surface area contributed by atoms with E-state index in [0.717, 1.165) is 48.7 Å². The summed E-state index contributed by atoms with van der Waals surface area (Å²) in [5, 5.41) is 7.22. The van der Waals surface area contributed by atoms with Gasteiger partial charge in [0.1, 0.15) is 0 Å².